The molecule has 0 aliphatic heterocycles. The largest absolute Gasteiger partial charge is 0.465 e. The van der Waals surface area contributed by atoms with Gasteiger partial charge in [0.2, 0.25) is 33.7 Å². The number of nitrogens with one attached hydrogen (secondary N) is 8. The molecule has 29 nitrogen and oxygen atoms in total. The van der Waals surface area contributed by atoms with Crippen LogP contribution in [0.25, 0.3) is 46.1 Å². The number of amides is 4. The standard InChI is InChI=1S/C25H31N5O4S.C22H24N4O2.C21H19ClN4O4.C20H19FN4O2/c1-6-30(7-2)35(33,34)19-14-16(3)17(4)22(15-19)28-23(31)12-11-20-18(5)27-24(29-25(20)32)21-10-8-9-13-26-21;1-14(2)16-7-9-17(10-8-16)25-20(27)12-11-18-15(3)24-21(26-22(18)28)19-6-4-5-13-23-19;1-12-14(20(28)26-19(24-12)17-5-3-4-10-23-17)7-9-18(27)25-13-6-8-16(22)15(11-13)21(29)30-2;1-12-6-8-15(21)17(11-12)24-18(26)9-7-14-13(2)23-19(25-20(14)27)16-5-3-4-10-22-16/h8-10,13-15H,6-7,11-12H2,1-5H3,(H,28,31)(H,27,29,32);4-10,13-14H,11-12H2,1-3H3,(H,25,27)(H,24,26,28);3-6,8,10-11H,7,9H2,1-2H3,(H,25,27)(H,24,26,28);3-6,8,10-11H,7,9H2,1-2H3,(H,24,26)(H,23,25,27). The molecule has 0 aliphatic rings. The first kappa shape index (κ1) is 90.4. The number of H-pyrrole nitrogens is 4. The molecule has 12 rings (SSSR count). The molecule has 0 unspecified atom stereocenters. The van der Waals surface area contributed by atoms with Crippen LogP contribution in [0.15, 0.2) is 194 Å². The van der Waals surface area contributed by atoms with Gasteiger partial charge in [-0.15, -0.1) is 0 Å². The maximum atomic E-state index is 13.7. The molecule has 8 heterocycles. The molecule has 0 spiro atoms. The summed E-state index contributed by atoms with van der Waals surface area (Å²) in [6.45, 7) is 20.9. The Hall–Kier alpha value is -13.5. The summed E-state index contributed by atoms with van der Waals surface area (Å²) in [6, 6.07) is 41.4. The fourth-order valence-electron chi connectivity index (χ4n) is 12.3. The average Bonchev–Trinajstić information content (AvgIpc) is 0.819. The van der Waals surface area contributed by atoms with Gasteiger partial charge in [-0.1, -0.05) is 81.8 Å². The number of anilines is 4. The smallest absolute Gasteiger partial charge is 0.339 e. The highest BCUT2D eigenvalue weighted by Gasteiger charge is 2.25. The summed E-state index contributed by atoms with van der Waals surface area (Å²) in [6.07, 6.45) is 7.79. The van der Waals surface area contributed by atoms with Crippen molar-refractivity contribution in [2.45, 2.75) is 138 Å². The minimum Gasteiger partial charge on any atom is -0.465 e. The van der Waals surface area contributed by atoms with Crippen molar-refractivity contribution < 1.29 is 41.5 Å². The van der Waals surface area contributed by atoms with Crippen LogP contribution in [0.3, 0.4) is 0 Å². The normalized spacial score (nSPS) is 10.9. The lowest BCUT2D eigenvalue weighted by Gasteiger charge is -2.20. The number of carbonyl (C=O) groups is 5. The zero-order valence-electron chi connectivity index (χ0n) is 68.4. The van der Waals surface area contributed by atoms with Gasteiger partial charge in [0, 0.05) is 126 Å². The maximum Gasteiger partial charge on any atom is 0.339 e. The van der Waals surface area contributed by atoms with Crippen LogP contribution in [0.2, 0.25) is 5.02 Å². The number of aromatic nitrogens is 12. The highest BCUT2D eigenvalue weighted by molar-refractivity contribution is 7.89. The van der Waals surface area contributed by atoms with Crippen molar-refractivity contribution in [1.29, 1.82) is 0 Å². The number of pyridine rings is 4. The van der Waals surface area contributed by atoms with Crippen molar-refractivity contribution in [3.05, 3.63) is 295 Å². The van der Waals surface area contributed by atoms with Gasteiger partial charge in [0.25, 0.3) is 22.2 Å². The summed E-state index contributed by atoms with van der Waals surface area (Å²) >= 11 is 5.98. The third kappa shape index (κ3) is 24.8. The predicted molar refractivity (Wildman–Crippen MR) is 460 cm³/mol. The van der Waals surface area contributed by atoms with Crippen molar-refractivity contribution in [1.82, 2.24) is 64.1 Å². The van der Waals surface area contributed by atoms with E-state index in [1.165, 1.54) is 41.2 Å². The number of hydrogen-bond acceptors (Lipinski definition) is 20. The number of esters is 1. The van der Waals surface area contributed by atoms with Crippen LogP contribution in [0.4, 0.5) is 27.1 Å². The topological polar surface area (TPSA) is 415 Å². The second-order valence-corrected chi connectivity index (χ2v) is 30.3. The zero-order valence-corrected chi connectivity index (χ0v) is 70.0. The summed E-state index contributed by atoms with van der Waals surface area (Å²) in [7, 11) is -2.42. The molecule has 0 saturated carbocycles. The summed E-state index contributed by atoms with van der Waals surface area (Å²) in [4.78, 5) is 157. The van der Waals surface area contributed by atoms with E-state index in [0.29, 0.717) is 128 Å². The number of sulfonamides is 1. The van der Waals surface area contributed by atoms with Gasteiger partial charge >= 0.3 is 5.97 Å². The molecular formula is C88H93ClFN17O12S. The first-order valence-electron chi connectivity index (χ1n) is 38.4. The Labute approximate surface area is 697 Å². The Kier molecular flexibility index (Phi) is 32.1. The number of benzene rings is 4. The van der Waals surface area contributed by atoms with Crippen LogP contribution < -0.4 is 43.5 Å². The number of aryl methyl sites for hydroxylation is 6. The number of halogens is 2. The Morgan fingerprint density at radius 1 is 0.467 bits per heavy atom. The molecule has 8 aromatic heterocycles. The SMILES string of the molecule is CCN(CC)S(=O)(=O)c1cc(C)c(C)c(NC(=O)CCc2c(C)nc(-c3ccccn3)[nH]c2=O)c1.COC(=O)c1cc(NC(=O)CCc2c(C)nc(-c3ccccn3)[nH]c2=O)ccc1Cl.Cc1ccc(F)c(NC(=O)CCc2c(C)nc(-c3ccccn3)[nH]c2=O)c1.Cc1nc(-c2ccccn2)[nH]c(=O)c1CCC(=O)Nc1ccc(C(C)C)cc1. The van der Waals surface area contributed by atoms with E-state index in [-0.39, 0.29) is 112 Å². The van der Waals surface area contributed by atoms with E-state index in [4.69, 9.17) is 11.6 Å². The Morgan fingerprint density at radius 3 is 1.18 bits per heavy atom. The van der Waals surface area contributed by atoms with Crippen LogP contribution in [-0.2, 0) is 59.6 Å². The molecule has 12 aromatic rings. The average molecular weight is 1670 g/mol. The van der Waals surface area contributed by atoms with Gasteiger partial charge in [-0.25, -0.2) is 37.5 Å². The van der Waals surface area contributed by atoms with Gasteiger partial charge in [0.05, 0.1) is 28.3 Å². The van der Waals surface area contributed by atoms with Crippen LogP contribution in [0, 0.1) is 54.3 Å². The van der Waals surface area contributed by atoms with E-state index in [1.54, 1.807) is 151 Å². The predicted octanol–water partition coefficient (Wildman–Crippen LogP) is 13.5. The molecule has 4 aromatic carbocycles. The first-order valence-corrected chi connectivity index (χ1v) is 40.3. The van der Waals surface area contributed by atoms with Crippen molar-refractivity contribution in [2.24, 2.45) is 0 Å². The molecular weight excluding hydrogens is 1570 g/mol. The molecule has 0 radical (unpaired) electrons. The van der Waals surface area contributed by atoms with Crippen LogP contribution in [0.1, 0.15) is 137 Å². The summed E-state index contributed by atoms with van der Waals surface area (Å²) in [5.41, 5.74) is 10.6. The Balaban J connectivity index is 0.000000183. The first-order chi connectivity index (χ1) is 57.3. The molecule has 0 bridgehead atoms. The second-order valence-electron chi connectivity index (χ2n) is 27.9. The molecule has 0 fully saturated rings. The van der Waals surface area contributed by atoms with E-state index in [2.05, 4.69) is 99.7 Å². The lowest BCUT2D eigenvalue weighted by molar-refractivity contribution is -0.117. The molecule has 0 aliphatic carbocycles. The second kappa shape index (κ2) is 42.6. The van der Waals surface area contributed by atoms with E-state index >= 15 is 0 Å². The number of methoxy groups -OCH3 is 1. The van der Waals surface area contributed by atoms with E-state index in [9.17, 15) is 56.0 Å². The summed E-state index contributed by atoms with van der Waals surface area (Å²) < 4.78 is 45.7. The highest BCUT2D eigenvalue weighted by atomic mass is 35.5. The monoisotopic (exact) mass is 1670 g/mol. The molecule has 32 heteroatoms. The molecule has 120 heavy (non-hydrogen) atoms. The lowest BCUT2D eigenvalue weighted by atomic mass is 10.0. The number of carbonyl (C=O) groups excluding carboxylic acids is 5. The minimum atomic E-state index is -3.67. The summed E-state index contributed by atoms with van der Waals surface area (Å²) in [5.74, 6) is -0.228. The van der Waals surface area contributed by atoms with Crippen molar-refractivity contribution in [2.75, 3.05) is 41.5 Å². The molecule has 0 saturated heterocycles. The molecule has 622 valence electrons. The van der Waals surface area contributed by atoms with Crippen LogP contribution >= 0.6 is 11.6 Å². The van der Waals surface area contributed by atoms with Crippen molar-refractivity contribution >= 4 is 74.0 Å². The van der Waals surface area contributed by atoms with Gasteiger partial charge in [0.1, 0.15) is 28.6 Å². The lowest BCUT2D eigenvalue weighted by Crippen LogP contribution is -2.30. The minimum absolute atomic E-state index is 0.0417. The van der Waals surface area contributed by atoms with Gasteiger partial charge in [-0.2, -0.15) is 4.31 Å². The Bertz CT molecular complexity index is 6040. The maximum absolute atomic E-state index is 13.7. The van der Waals surface area contributed by atoms with E-state index in [1.807, 2.05) is 57.2 Å². The van der Waals surface area contributed by atoms with Gasteiger partial charge < -0.3 is 45.9 Å². The van der Waals surface area contributed by atoms with Crippen LogP contribution in [-0.4, -0.2) is 122 Å². The van der Waals surface area contributed by atoms with Gasteiger partial charge in [-0.3, -0.25) is 58.3 Å². The molecule has 0 atom stereocenters. The summed E-state index contributed by atoms with van der Waals surface area (Å²) in [5, 5.41) is 11.1. The van der Waals surface area contributed by atoms with Crippen molar-refractivity contribution in [3.8, 4) is 46.1 Å². The molecule has 8 N–H and O–H groups in total. The van der Waals surface area contributed by atoms with Gasteiger partial charge in [0.15, 0.2) is 23.3 Å². The zero-order chi connectivity index (χ0) is 86.9. The van der Waals surface area contributed by atoms with Crippen molar-refractivity contribution in [3.63, 3.8) is 0 Å². The number of aromatic amines is 4. The number of nitrogens with zero attached hydrogens (tertiary/aromatic N) is 9. The highest BCUT2D eigenvalue weighted by Crippen LogP contribution is 2.29. The number of ether oxygens (including phenoxy) is 1. The van der Waals surface area contributed by atoms with E-state index < -0.39 is 21.8 Å². The quantitative estimate of drug-likeness (QED) is 0.0233. The Morgan fingerprint density at radius 2 is 0.833 bits per heavy atom. The van der Waals surface area contributed by atoms with Crippen LogP contribution in [0.5, 0.6) is 0 Å². The van der Waals surface area contributed by atoms with Gasteiger partial charge in [-0.05, 0) is 205 Å². The van der Waals surface area contributed by atoms with E-state index in [0.717, 1.165) is 22.4 Å². The third-order valence-corrected chi connectivity index (χ3v) is 21.5. The number of hydrogen-bond donors (Lipinski definition) is 8. The fraction of sp³-hybridized carbons (Fsp3) is 0.261. The third-order valence-electron chi connectivity index (χ3n) is 19.1. The number of rotatable bonds is 26. The molecule has 4 amide bonds. The fourth-order valence-corrected chi connectivity index (χ4v) is 14.1.